The summed E-state index contributed by atoms with van der Waals surface area (Å²) in [5, 5.41) is 10.8. The first kappa shape index (κ1) is 13.2. The molecule has 1 unspecified atom stereocenters. The summed E-state index contributed by atoms with van der Waals surface area (Å²) in [6.45, 7) is 5.48. The molecule has 1 aromatic carbocycles. The number of aliphatic hydroxyl groups excluding tert-OH is 1. The fraction of sp³-hybridized carbons (Fsp3) is 0.467. The van der Waals surface area contributed by atoms with E-state index < -0.39 is 0 Å². The first-order chi connectivity index (χ1) is 9.47. The van der Waals surface area contributed by atoms with Crippen molar-refractivity contribution in [3.05, 3.63) is 30.3 Å². The summed E-state index contributed by atoms with van der Waals surface area (Å²) < 4.78 is 13.5. The van der Waals surface area contributed by atoms with Crippen molar-refractivity contribution >= 4 is 16.7 Å². The molecule has 0 radical (unpaired) electrons. The highest BCUT2D eigenvalue weighted by atomic mass is 19.1. The zero-order chi connectivity index (χ0) is 14.3. The Kier molecular flexibility index (Phi) is 3.09. The number of aliphatic hydroxyl groups is 1. The molecule has 0 bridgehead atoms. The number of hydrogen-bond donors (Lipinski definition) is 1. The van der Waals surface area contributed by atoms with Gasteiger partial charge in [-0.05, 0) is 24.6 Å². The third-order valence-electron chi connectivity index (χ3n) is 4.05. The first-order valence-electron chi connectivity index (χ1n) is 6.81. The van der Waals surface area contributed by atoms with Gasteiger partial charge in [-0.25, -0.2) is 14.4 Å². The van der Waals surface area contributed by atoms with E-state index in [2.05, 4.69) is 14.9 Å². The highest BCUT2D eigenvalue weighted by Gasteiger charge is 2.35. The average Bonchev–Trinajstić information content (AvgIpc) is 2.41. The molecule has 1 aliphatic heterocycles. The third-order valence-corrected chi connectivity index (χ3v) is 4.05. The molecule has 1 fully saturated rings. The molecule has 0 aliphatic carbocycles. The van der Waals surface area contributed by atoms with E-state index in [0.29, 0.717) is 19.5 Å². The molecule has 1 atom stereocenters. The van der Waals surface area contributed by atoms with E-state index in [4.69, 9.17) is 0 Å². The Labute approximate surface area is 117 Å². The van der Waals surface area contributed by atoms with Crippen LogP contribution in [0, 0.1) is 11.2 Å². The zero-order valence-electron chi connectivity index (χ0n) is 11.7. The molecule has 20 heavy (non-hydrogen) atoms. The predicted molar refractivity (Wildman–Crippen MR) is 76.1 cm³/mol. The molecular weight excluding hydrogens is 257 g/mol. The molecule has 0 amide bonds. The van der Waals surface area contributed by atoms with Crippen LogP contribution < -0.4 is 4.90 Å². The van der Waals surface area contributed by atoms with Crippen molar-refractivity contribution in [1.29, 1.82) is 0 Å². The largest absolute Gasteiger partial charge is 0.392 e. The minimum Gasteiger partial charge on any atom is -0.392 e. The normalized spacial score (nSPS) is 22.2. The number of aromatic nitrogens is 2. The van der Waals surface area contributed by atoms with Gasteiger partial charge in [-0.3, -0.25) is 0 Å². The first-order valence-corrected chi connectivity index (χ1v) is 6.81. The minimum absolute atomic E-state index is 0.206. The SMILES string of the molecule is CC1(C)CN(c2ncnc3ccc(F)cc23)CCC1O. The Bertz CT molecular complexity index is 644. The van der Waals surface area contributed by atoms with Gasteiger partial charge < -0.3 is 10.0 Å². The number of halogens is 1. The lowest BCUT2D eigenvalue weighted by molar-refractivity contribution is 0.0335. The zero-order valence-corrected chi connectivity index (χ0v) is 11.7. The summed E-state index contributed by atoms with van der Waals surface area (Å²) in [6.07, 6.45) is 1.88. The van der Waals surface area contributed by atoms with E-state index in [9.17, 15) is 9.50 Å². The second kappa shape index (κ2) is 4.66. The van der Waals surface area contributed by atoms with Crippen LogP contribution in [0.3, 0.4) is 0 Å². The second-order valence-electron chi connectivity index (χ2n) is 6.07. The Morgan fingerprint density at radius 3 is 2.90 bits per heavy atom. The van der Waals surface area contributed by atoms with Gasteiger partial charge in [0.05, 0.1) is 11.6 Å². The number of nitrogens with zero attached hydrogens (tertiary/aromatic N) is 3. The van der Waals surface area contributed by atoms with Crippen LogP contribution in [0.1, 0.15) is 20.3 Å². The molecule has 4 nitrogen and oxygen atoms in total. The van der Waals surface area contributed by atoms with Crippen molar-refractivity contribution in [2.75, 3.05) is 18.0 Å². The van der Waals surface area contributed by atoms with Crippen molar-refractivity contribution in [1.82, 2.24) is 9.97 Å². The fourth-order valence-corrected chi connectivity index (χ4v) is 2.79. The maximum absolute atomic E-state index is 13.5. The topological polar surface area (TPSA) is 49.2 Å². The van der Waals surface area contributed by atoms with Gasteiger partial charge in [0.15, 0.2) is 0 Å². The van der Waals surface area contributed by atoms with E-state index in [0.717, 1.165) is 16.7 Å². The number of benzene rings is 1. The monoisotopic (exact) mass is 275 g/mol. The van der Waals surface area contributed by atoms with Gasteiger partial charge in [0, 0.05) is 23.9 Å². The average molecular weight is 275 g/mol. The molecule has 0 saturated carbocycles. The number of hydrogen-bond acceptors (Lipinski definition) is 4. The number of rotatable bonds is 1. The summed E-state index contributed by atoms with van der Waals surface area (Å²) in [7, 11) is 0. The molecule has 1 N–H and O–H groups in total. The van der Waals surface area contributed by atoms with Gasteiger partial charge in [0.2, 0.25) is 0 Å². The Morgan fingerprint density at radius 1 is 1.35 bits per heavy atom. The second-order valence-corrected chi connectivity index (χ2v) is 6.07. The Hall–Kier alpha value is -1.75. The van der Waals surface area contributed by atoms with Crippen LogP contribution in [-0.4, -0.2) is 34.3 Å². The molecule has 2 aromatic rings. The van der Waals surface area contributed by atoms with Crippen LogP contribution in [0.15, 0.2) is 24.5 Å². The van der Waals surface area contributed by atoms with Crippen molar-refractivity contribution in [3.8, 4) is 0 Å². The van der Waals surface area contributed by atoms with Gasteiger partial charge in [0.1, 0.15) is 18.0 Å². The quantitative estimate of drug-likeness (QED) is 0.868. The molecular formula is C15H18FN3O. The van der Waals surface area contributed by atoms with Crippen LogP contribution in [0.5, 0.6) is 0 Å². The lowest BCUT2D eigenvalue weighted by Crippen LogP contribution is -2.49. The van der Waals surface area contributed by atoms with E-state index in [-0.39, 0.29) is 17.3 Å². The maximum Gasteiger partial charge on any atom is 0.140 e. The highest BCUT2D eigenvalue weighted by molar-refractivity contribution is 5.89. The molecule has 1 aliphatic rings. The summed E-state index contributed by atoms with van der Waals surface area (Å²) >= 11 is 0. The summed E-state index contributed by atoms with van der Waals surface area (Å²) in [5.74, 6) is 0.458. The molecule has 5 heteroatoms. The van der Waals surface area contributed by atoms with Crippen molar-refractivity contribution < 1.29 is 9.50 Å². The third kappa shape index (κ3) is 2.22. The minimum atomic E-state index is -0.316. The van der Waals surface area contributed by atoms with E-state index in [1.165, 1.54) is 18.5 Å². The van der Waals surface area contributed by atoms with Crippen LogP contribution >= 0.6 is 0 Å². The summed E-state index contributed by atoms with van der Waals surface area (Å²) in [4.78, 5) is 10.6. The van der Waals surface area contributed by atoms with Crippen molar-refractivity contribution in [3.63, 3.8) is 0 Å². The smallest absolute Gasteiger partial charge is 0.140 e. The number of piperidine rings is 1. The van der Waals surface area contributed by atoms with Gasteiger partial charge in [0.25, 0.3) is 0 Å². The van der Waals surface area contributed by atoms with Gasteiger partial charge in [-0.15, -0.1) is 0 Å². The van der Waals surface area contributed by atoms with Crippen LogP contribution in [0.2, 0.25) is 0 Å². The van der Waals surface area contributed by atoms with E-state index in [1.54, 1.807) is 6.07 Å². The number of anilines is 1. The molecule has 1 aromatic heterocycles. The molecule has 3 rings (SSSR count). The van der Waals surface area contributed by atoms with E-state index >= 15 is 0 Å². The molecule has 106 valence electrons. The summed E-state index contributed by atoms with van der Waals surface area (Å²) in [5.41, 5.74) is 0.531. The van der Waals surface area contributed by atoms with Crippen molar-refractivity contribution in [2.24, 2.45) is 5.41 Å². The Balaban J connectivity index is 2.04. The molecule has 2 heterocycles. The predicted octanol–water partition coefficient (Wildman–Crippen LogP) is 2.37. The van der Waals surface area contributed by atoms with Crippen molar-refractivity contribution in [2.45, 2.75) is 26.4 Å². The van der Waals surface area contributed by atoms with Gasteiger partial charge in [-0.1, -0.05) is 13.8 Å². The van der Waals surface area contributed by atoms with Crippen LogP contribution in [-0.2, 0) is 0 Å². The van der Waals surface area contributed by atoms with Crippen LogP contribution in [0.4, 0.5) is 10.2 Å². The lowest BCUT2D eigenvalue weighted by Gasteiger charge is -2.42. The standard InChI is InChI=1S/C15H18FN3O/c1-15(2)8-19(6-5-13(15)20)14-11-7-10(16)3-4-12(11)17-9-18-14/h3-4,7,9,13,20H,5-6,8H2,1-2H3. The van der Waals surface area contributed by atoms with E-state index in [1.807, 2.05) is 13.8 Å². The summed E-state index contributed by atoms with van der Waals surface area (Å²) in [6, 6.07) is 4.55. The maximum atomic E-state index is 13.5. The van der Waals surface area contributed by atoms with Gasteiger partial charge in [-0.2, -0.15) is 0 Å². The number of fused-ring (bicyclic) bond motifs is 1. The Morgan fingerprint density at radius 2 is 2.15 bits per heavy atom. The molecule has 1 saturated heterocycles. The van der Waals surface area contributed by atoms with Crippen LogP contribution in [0.25, 0.3) is 10.9 Å². The van der Waals surface area contributed by atoms with Gasteiger partial charge >= 0.3 is 0 Å². The fourth-order valence-electron chi connectivity index (χ4n) is 2.79. The molecule has 0 spiro atoms. The lowest BCUT2D eigenvalue weighted by atomic mass is 9.81. The highest BCUT2D eigenvalue weighted by Crippen LogP contribution is 2.33.